The molecule has 0 bridgehead atoms. The van der Waals surface area contributed by atoms with Crippen LogP contribution < -0.4 is 5.73 Å². The minimum absolute atomic E-state index is 0.176. The molecule has 0 saturated heterocycles. The summed E-state index contributed by atoms with van der Waals surface area (Å²) in [7, 11) is 0. The summed E-state index contributed by atoms with van der Waals surface area (Å²) in [5, 5.41) is 0. The zero-order valence-corrected chi connectivity index (χ0v) is 10.9. The molecule has 2 aliphatic carbocycles. The third-order valence-corrected chi connectivity index (χ3v) is 4.44. The van der Waals surface area contributed by atoms with Crippen LogP contribution in [-0.4, -0.2) is 30.1 Å². The third kappa shape index (κ3) is 3.74. The predicted octanol–water partition coefficient (Wildman–Crippen LogP) is 2.77. The minimum atomic E-state index is 0.176. The molecule has 0 amide bonds. The van der Waals surface area contributed by atoms with Crippen LogP contribution in [-0.2, 0) is 0 Å². The summed E-state index contributed by atoms with van der Waals surface area (Å²) >= 11 is 0. The Hall–Kier alpha value is -0.0800. The van der Waals surface area contributed by atoms with Crippen LogP contribution in [0.1, 0.15) is 58.3 Å². The summed E-state index contributed by atoms with van der Waals surface area (Å²) < 4.78 is 0. The molecule has 2 rings (SSSR count). The van der Waals surface area contributed by atoms with Crippen LogP contribution in [0.15, 0.2) is 0 Å². The molecule has 94 valence electrons. The highest BCUT2D eigenvalue weighted by molar-refractivity contribution is 4.88. The maximum Gasteiger partial charge on any atom is 0.0166 e. The summed E-state index contributed by atoms with van der Waals surface area (Å²) in [5.41, 5.74) is 6.66. The highest BCUT2D eigenvalue weighted by Crippen LogP contribution is 2.31. The number of rotatable bonds is 6. The lowest BCUT2D eigenvalue weighted by atomic mass is 9.80. The predicted molar refractivity (Wildman–Crippen MR) is 69.5 cm³/mol. The number of nitrogens with two attached hydrogens (primary N) is 1. The van der Waals surface area contributed by atoms with Gasteiger partial charge in [0.05, 0.1) is 0 Å². The zero-order chi connectivity index (χ0) is 11.4. The monoisotopic (exact) mass is 224 g/mol. The third-order valence-electron chi connectivity index (χ3n) is 4.44. The maximum atomic E-state index is 6.48. The van der Waals surface area contributed by atoms with Gasteiger partial charge in [-0.05, 0) is 51.1 Å². The second-order valence-corrected chi connectivity index (χ2v) is 6.01. The molecular formula is C14H28N2. The lowest BCUT2D eigenvalue weighted by molar-refractivity contribution is 0.208. The standard InChI is InChI=1S/C14H28N2/c1-2-16(12-13-6-7-13)11-10-14(15)8-4-3-5-9-14/h13H,2-12,15H2,1H3. The Morgan fingerprint density at radius 3 is 2.44 bits per heavy atom. The lowest BCUT2D eigenvalue weighted by Gasteiger charge is -2.35. The Kier molecular flexibility index (Phi) is 4.26. The number of hydrogen-bond donors (Lipinski definition) is 1. The molecule has 0 aromatic rings. The fraction of sp³-hybridized carbons (Fsp3) is 1.00. The Labute approximate surface area is 101 Å². The van der Waals surface area contributed by atoms with E-state index in [1.165, 1.54) is 71.0 Å². The number of hydrogen-bond acceptors (Lipinski definition) is 2. The molecule has 0 unspecified atom stereocenters. The van der Waals surface area contributed by atoms with Crippen molar-refractivity contribution in [3.63, 3.8) is 0 Å². The normalized spacial score (nSPS) is 24.9. The SMILES string of the molecule is CCN(CCC1(N)CCCCC1)CC1CC1. The van der Waals surface area contributed by atoms with Crippen LogP contribution in [0.25, 0.3) is 0 Å². The number of nitrogens with zero attached hydrogens (tertiary/aromatic N) is 1. The van der Waals surface area contributed by atoms with Crippen molar-refractivity contribution < 1.29 is 0 Å². The van der Waals surface area contributed by atoms with E-state index in [1.807, 2.05) is 0 Å². The van der Waals surface area contributed by atoms with Crippen LogP contribution in [0.4, 0.5) is 0 Å². The van der Waals surface area contributed by atoms with Crippen molar-refractivity contribution in [3.8, 4) is 0 Å². The van der Waals surface area contributed by atoms with Crippen molar-refractivity contribution in [2.45, 2.75) is 63.8 Å². The van der Waals surface area contributed by atoms with Crippen molar-refractivity contribution in [3.05, 3.63) is 0 Å². The largest absolute Gasteiger partial charge is 0.325 e. The van der Waals surface area contributed by atoms with Gasteiger partial charge in [0, 0.05) is 12.1 Å². The average molecular weight is 224 g/mol. The Morgan fingerprint density at radius 1 is 1.19 bits per heavy atom. The second-order valence-electron chi connectivity index (χ2n) is 6.01. The van der Waals surface area contributed by atoms with E-state index in [0.717, 1.165) is 5.92 Å². The van der Waals surface area contributed by atoms with Crippen LogP contribution >= 0.6 is 0 Å². The zero-order valence-electron chi connectivity index (χ0n) is 10.9. The molecule has 0 aliphatic heterocycles. The van der Waals surface area contributed by atoms with E-state index in [9.17, 15) is 0 Å². The summed E-state index contributed by atoms with van der Waals surface area (Å²) in [5.74, 6) is 1.01. The van der Waals surface area contributed by atoms with Gasteiger partial charge in [-0.1, -0.05) is 26.2 Å². The molecule has 0 heterocycles. The van der Waals surface area contributed by atoms with Gasteiger partial charge in [-0.2, -0.15) is 0 Å². The molecule has 16 heavy (non-hydrogen) atoms. The van der Waals surface area contributed by atoms with E-state index >= 15 is 0 Å². The maximum absolute atomic E-state index is 6.48. The van der Waals surface area contributed by atoms with Crippen molar-refractivity contribution in [1.82, 2.24) is 4.90 Å². The van der Waals surface area contributed by atoms with E-state index in [-0.39, 0.29) is 5.54 Å². The Bertz CT molecular complexity index is 205. The Morgan fingerprint density at radius 2 is 1.88 bits per heavy atom. The van der Waals surface area contributed by atoms with Crippen molar-refractivity contribution in [2.75, 3.05) is 19.6 Å². The fourth-order valence-corrected chi connectivity index (χ4v) is 2.93. The van der Waals surface area contributed by atoms with E-state index in [2.05, 4.69) is 11.8 Å². The molecule has 2 N–H and O–H groups in total. The van der Waals surface area contributed by atoms with Gasteiger partial charge in [0.25, 0.3) is 0 Å². The molecule has 0 radical (unpaired) electrons. The highest BCUT2D eigenvalue weighted by Gasteiger charge is 2.29. The highest BCUT2D eigenvalue weighted by atomic mass is 15.1. The fourth-order valence-electron chi connectivity index (χ4n) is 2.93. The van der Waals surface area contributed by atoms with E-state index < -0.39 is 0 Å². The first-order chi connectivity index (χ1) is 7.72. The smallest absolute Gasteiger partial charge is 0.0166 e. The van der Waals surface area contributed by atoms with E-state index in [0.29, 0.717) is 0 Å². The van der Waals surface area contributed by atoms with Gasteiger partial charge in [0.1, 0.15) is 0 Å². The van der Waals surface area contributed by atoms with Gasteiger partial charge in [-0.25, -0.2) is 0 Å². The molecule has 0 atom stereocenters. The van der Waals surface area contributed by atoms with E-state index in [4.69, 9.17) is 5.73 Å². The summed E-state index contributed by atoms with van der Waals surface area (Å²) in [6.45, 7) is 6.04. The van der Waals surface area contributed by atoms with Crippen molar-refractivity contribution in [1.29, 1.82) is 0 Å². The molecule has 0 aromatic heterocycles. The van der Waals surface area contributed by atoms with Gasteiger partial charge in [-0.15, -0.1) is 0 Å². The van der Waals surface area contributed by atoms with Gasteiger partial charge in [0.15, 0.2) is 0 Å². The first kappa shape index (κ1) is 12.4. The van der Waals surface area contributed by atoms with Gasteiger partial charge in [0.2, 0.25) is 0 Å². The van der Waals surface area contributed by atoms with Crippen LogP contribution in [0.3, 0.4) is 0 Å². The van der Waals surface area contributed by atoms with Gasteiger partial charge in [-0.3, -0.25) is 0 Å². The summed E-state index contributed by atoms with van der Waals surface area (Å²) in [6.07, 6.45) is 10.8. The van der Waals surface area contributed by atoms with Crippen LogP contribution in [0.2, 0.25) is 0 Å². The van der Waals surface area contributed by atoms with E-state index in [1.54, 1.807) is 0 Å². The molecule has 0 spiro atoms. The van der Waals surface area contributed by atoms with Crippen molar-refractivity contribution >= 4 is 0 Å². The average Bonchev–Trinajstić information content (AvgIpc) is 3.09. The molecule has 2 fully saturated rings. The Balaban J connectivity index is 1.70. The molecular weight excluding hydrogens is 196 g/mol. The molecule has 2 aliphatic rings. The van der Waals surface area contributed by atoms with Crippen molar-refractivity contribution in [2.24, 2.45) is 11.7 Å². The van der Waals surface area contributed by atoms with Crippen LogP contribution in [0.5, 0.6) is 0 Å². The quantitative estimate of drug-likeness (QED) is 0.751. The summed E-state index contributed by atoms with van der Waals surface area (Å²) in [4.78, 5) is 2.61. The minimum Gasteiger partial charge on any atom is -0.325 e. The first-order valence-corrected chi connectivity index (χ1v) is 7.23. The summed E-state index contributed by atoms with van der Waals surface area (Å²) in [6, 6.07) is 0. The topological polar surface area (TPSA) is 29.3 Å². The lowest BCUT2D eigenvalue weighted by Crippen LogP contribution is -2.44. The van der Waals surface area contributed by atoms with Gasteiger partial charge < -0.3 is 10.6 Å². The second kappa shape index (κ2) is 5.50. The molecule has 2 nitrogen and oxygen atoms in total. The van der Waals surface area contributed by atoms with Gasteiger partial charge >= 0.3 is 0 Å². The molecule has 2 heteroatoms. The molecule has 0 aromatic carbocycles. The molecule has 2 saturated carbocycles. The first-order valence-electron chi connectivity index (χ1n) is 7.23. The van der Waals surface area contributed by atoms with Crippen LogP contribution in [0, 0.1) is 5.92 Å².